The highest BCUT2D eigenvalue weighted by atomic mass is 19.1. The lowest BCUT2D eigenvalue weighted by atomic mass is 10.1. The molecule has 0 unspecified atom stereocenters. The van der Waals surface area contributed by atoms with E-state index in [1.165, 1.54) is 0 Å². The number of nitrogens with zero attached hydrogens (tertiary/aromatic N) is 3. The molecule has 0 saturated heterocycles. The largest absolute Gasteiger partial charge is 0.381 e. The van der Waals surface area contributed by atoms with Crippen LogP contribution >= 0.6 is 0 Å². The Morgan fingerprint density at radius 3 is 2.67 bits per heavy atom. The van der Waals surface area contributed by atoms with E-state index in [1.54, 1.807) is 31.7 Å². The number of hydrogen-bond acceptors (Lipinski definition) is 3. The van der Waals surface area contributed by atoms with Crippen molar-refractivity contribution in [1.29, 1.82) is 0 Å². The van der Waals surface area contributed by atoms with Crippen molar-refractivity contribution < 1.29 is 4.39 Å². The molecule has 4 nitrogen and oxygen atoms in total. The van der Waals surface area contributed by atoms with Crippen molar-refractivity contribution in [1.82, 2.24) is 14.8 Å². The van der Waals surface area contributed by atoms with Gasteiger partial charge in [-0.05, 0) is 42.3 Å². The normalized spacial score (nSPS) is 10.6. The molecule has 1 aromatic heterocycles. The maximum absolute atomic E-state index is 13.5. The van der Waals surface area contributed by atoms with Gasteiger partial charge < -0.3 is 5.32 Å². The van der Waals surface area contributed by atoms with E-state index in [0.29, 0.717) is 12.1 Å². The fraction of sp³-hybridized carbons (Fsp3) is 0.125. The highest BCUT2D eigenvalue weighted by Crippen LogP contribution is 2.16. The van der Waals surface area contributed by atoms with Gasteiger partial charge in [0.2, 0.25) is 0 Å². The summed E-state index contributed by atoms with van der Waals surface area (Å²) in [7, 11) is 0. The molecule has 0 spiro atoms. The van der Waals surface area contributed by atoms with Crippen LogP contribution in [0.15, 0.2) is 55.1 Å². The summed E-state index contributed by atoms with van der Waals surface area (Å²) in [5.74, 6) is -0.174. The van der Waals surface area contributed by atoms with Gasteiger partial charge in [0.05, 0.1) is 5.69 Å². The molecule has 0 bridgehead atoms. The minimum atomic E-state index is -0.174. The Morgan fingerprint density at radius 1 is 1.10 bits per heavy atom. The van der Waals surface area contributed by atoms with Crippen LogP contribution in [0.25, 0.3) is 5.69 Å². The number of halogens is 1. The van der Waals surface area contributed by atoms with Gasteiger partial charge in [0.15, 0.2) is 0 Å². The van der Waals surface area contributed by atoms with E-state index in [0.717, 1.165) is 16.9 Å². The molecule has 0 aliphatic carbocycles. The van der Waals surface area contributed by atoms with Crippen molar-refractivity contribution in [3.05, 3.63) is 72.1 Å². The third kappa shape index (κ3) is 3.08. The molecule has 0 aliphatic rings. The first-order valence-corrected chi connectivity index (χ1v) is 6.66. The zero-order valence-electron chi connectivity index (χ0n) is 11.6. The number of aromatic nitrogens is 3. The third-order valence-corrected chi connectivity index (χ3v) is 3.30. The Morgan fingerprint density at radius 2 is 1.90 bits per heavy atom. The molecule has 0 radical (unpaired) electrons. The molecule has 0 aliphatic heterocycles. The SMILES string of the molecule is Cc1ccc(CNc2cccc(-n3cnnc3)c2)cc1F. The molecule has 0 amide bonds. The van der Waals surface area contributed by atoms with Gasteiger partial charge >= 0.3 is 0 Å². The van der Waals surface area contributed by atoms with Crippen LogP contribution in [-0.2, 0) is 6.54 Å². The van der Waals surface area contributed by atoms with Gasteiger partial charge in [0.1, 0.15) is 18.5 Å². The predicted molar refractivity (Wildman–Crippen MR) is 79.8 cm³/mol. The van der Waals surface area contributed by atoms with E-state index in [2.05, 4.69) is 15.5 Å². The molecule has 1 N–H and O–H groups in total. The van der Waals surface area contributed by atoms with Crippen LogP contribution in [0.2, 0.25) is 0 Å². The Labute approximate surface area is 122 Å². The van der Waals surface area contributed by atoms with Gasteiger partial charge in [-0.15, -0.1) is 10.2 Å². The molecular weight excluding hydrogens is 267 g/mol. The number of benzene rings is 2. The number of hydrogen-bond donors (Lipinski definition) is 1. The molecule has 5 heteroatoms. The zero-order chi connectivity index (χ0) is 14.7. The van der Waals surface area contributed by atoms with E-state index >= 15 is 0 Å². The lowest BCUT2D eigenvalue weighted by molar-refractivity contribution is 0.616. The molecule has 0 saturated carbocycles. The van der Waals surface area contributed by atoms with E-state index in [-0.39, 0.29) is 5.82 Å². The molecule has 1 heterocycles. The lowest BCUT2D eigenvalue weighted by Crippen LogP contribution is -2.01. The van der Waals surface area contributed by atoms with Gasteiger partial charge in [0, 0.05) is 12.2 Å². The summed E-state index contributed by atoms with van der Waals surface area (Å²) < 4.78 is 15.3. The first kappa shape index (κ1) is 13.3. The average molecular weight is 282 g/mol. The van der Waals surface area contributed by atoms with Crippen molar-refractivity contribution in [3.8, 4) is 5.69 Å². The van der Waals surface area contributed by atoms with Crippen LogP contribution in [0, 0.1) is 12.7 Å². The van der Waals surface area contributed by atoms with Crippen molar-refractivity contribution in [3.63, 3.8) is 0 Å². The number of nitrogens with one attached hydrogen (secondary N) is 1. The molecule has 0 fully saturated rings. The van der Waals surface area contributed by atoms with E-state index < -0.39 is 0 Å². The van der Waals surface area contributed by atoms with Crippen LogP contribution < -0.4 is 5.32 Å². The fourth-order valence-corrected chi connectivity index (χ4v) is 2.06. The van der Waals surface area contributed by atoms with Gasteiger partial charge in [0.25, 0.3) is 0 Å². The van der Waals surface area contributed by atoms with Gasteiger partial charge in [-0.1, -0.05) is 18.2 Å². The van der Waals surface area contributed by atoms with Crippen molar-refractivity contribution in [2.75, 3.05) is 5.32 Å². The molecule has 3 aromatic rings. The maximum Gasteiger partial charge on any atom is 0.126 e. The second kappa shape index (κ2) is 5.75. The average Bonchev–Trinajstić information content (AvgIpc) is 3.03. The highest BCUT2D eigenvalue weighted by Gasteiger charge is 2.01. The van der Waals surface area contributed by atoms with Gasteiger partial charge in [-0.25, -0.2) is 4.39 Å². The molecule has 0 atom stereocenters. The Hall–Kier alpha value is -2.69. The smallest absolute Gasteiger partial charge is 0.126 e. The quantitative estimate of drug-likeness (QED) is 0.798. The van der Waals surface area contributed by atoms with Gasteiger partial charge in [-0.2, -0.15) is 0 Å². The maximum atomic E-state index is 13.5. The molecule has 21 heavy (non-hydrogen) atoms. The summed E-state index contributed by atoms with van der Waals surface area (Å²) in [5, 5.41) is 10.9. The first-order valence-electron chi connectivity index (χ1n) is 6.66. The summed E-state index contributed by atoms with van der Waals surface area (Å²) >= 11 is 0. The second-order valence-electron chi connectivity index (χ2n) is 4.86. The Bertz CT molecular complexity index is 738. The van der Waals surface area contributed by atoms with Crippen LogP contribution in [0.4, 0.5) is 10.1 Å². The van der Waals surface area contributed by atoms with Crippen LogP contribution in [-0.4, -0.2) is 14.8 Å². The van der Waals surface area contributed by atoms with E-state index in [9.17, 15) is 4.39 Å². The summed E-state index contributed by atoms with van der Waals surface area (Å²) in [4.78, 5) is 0. The second-order valence-corrected chi connectivity index (χ2v) is 4.86. The molecule has 2 aromatic carbocycles. The number of rotatable bonds is 4. The van der Waals surface area contributed by atoms with E-state index in [1.807, 2.05) is 34.9 Å². The minimum absolute atomic E-state index is 0.174. The van der Waals surface area contributed by atoms with Gasteiger partial charge in [-0.3, -0.25) is 4.57 Å². The van der Waals surface area contributed by atoms with Crippen LogP contribution in [0.1, 0.15) is 11.1 Å². The lowest BCUT2D eigenvalue weighted by Gasteiger charge is -2.09. The number of aryl methyl sites for hydroxylation is 1. The first-order chi connectivity index (χ1) is 10.2. The third-order valence-electron chi connectivity index (χ3n) is 3.30. The fourth-order valence-electron chi connectivity index (χ4n) is 2.06. The molecule has 106 valence electrons. The standard InChI is InChI=1S/C16H15FN4/c1-12-5-6-13(7-16(12)17)9-18-14-3-2-4-15(8-14)21-10-19-20-11-21/h2-8,10-11,18H,9H2,1H3. The Kier molecular flexibility index (Phi) is 3.64. The topological polar surface area (TPSA) is 42.7 Å². The highest BCUT2D eigenvalue weighted by molar-refractivity contribution is 5.51. The predicted octanol–water partition coefficient (Wildman–Crippen LogP) is 3.33. The molecular formula is C16H15FN4. The van der Waals surface area contributed by atoms with Crippen LogP contribution in [0.5, 0.6) is 0 Å². The monoisotopic (exact) mass is 282 g/mol. The Balaban J connectivity index is 1.73. The van der Waals surface area contributed by atoms with Crippen molar-refractivity contribution in [2.24, 2.45) is 0 Å². The van der Waals surface area contributed by atoms with Crippen molar-refractivity contribution >= 4 is 5.69 Å². The van der Waals surface area contributed by atoms with Crippen molar-refractivity contribution in [2.45, 2.75) is 13.5 Å². The van der Waals surface area contributed by atoms with E-state index in [4.69, 9.17) is 0 Å². The van der Waals surface area contributed by atoms with Crippen LogP contribution in [0.3, 0.4) is 0 Å². The number of anilines is 1. The summed E-state index contributed by atoms with van der Waals surface area (Å²) in [6.07, 6.45) is 3.29. The molecule has 3 rings (SSSR count). The minimum Gasteiger partial charge on any atom is -0.381 e. The summed E-state index contributed by atoms with van der Waals surface area (Å²) in [5.41, 5.74) is 3.50. The summed E-state index contributed by atoms with van der Waals surface area (Å²) in [6.45, 7) is 2.33. The summed E-state index contributed by atoms with van der Waals surface area (Å²) in [6, 6.07) is 13.2. The zero-order valence-corrected chi connectivity index (χ0v) is 11.6.